The molecule has 2 aromatic heterocycles. The molecular formula is C19H17N7O3. The van der Waals surface area contributed by atoms with Crippen LogP contribution in [0.5, 0.6) is 0 Å². The van der Waals surface area contributed by atoms with Crippen LogP contribution in [0, 0.1) is 0 Å². The molecule has 0 spiro atoms. The van der Waals surface area contributed by atoms with Gasteiger partial charge in [0.1, 0.15) is 12.2 Å². The average molecular weight is 391 g/mol. The molecule has 0 saturated heterocycles. The van der Waals surface area contributed by atoms with Crippen LogP contribution in [-0.4, -0.2) is 44.4 Å². The van der Waals surface area contributed by atoms with Gasteiger partial charge in [-0.15, -0.1) is 5.10 Å². The van der Waals surface area contributed by atoms with Gasteiger partial charge < -0.3 is 10.2 Å². The van der Waals surface area contributed by atoms with Crippen molar-refractivity contribution in [2.75, 3.05) is 22.1 Å². The van der Waals surface area contributed by atoms with Gasteiger partial charge in [-0.05, 0) is 24.3 Å². The van der Waals surface area contributed by atoms with E-state index in [0.717, 1.165) is 0 Å². The highest BCUT2D eigenvalue weighted by molar-refractivity contribution is 6.10. The highest BCUT2D eigenvalue weighted by Gasteiger charge is 2.26. The predicted molar refractivity (Wildman–Crippen MR) is 105 cm³/mol. The molecule has 0 unspecified atom stereocenters. The number of rotatable bonds is 5. The summed E-state index contributed by atoms with van der Waals surface area (Å²) in [6.07, 6.45) is 1.51. The maximum Gasteiger partial charge on any atom is 0.249 e. The second-order valence-corrected chi connectivity index (χ2v) is 6.32. The first-order chi connectivity index (χ1) is 14.1. The van der Waals surface area contributed by atoms with Crippen LogP contribution in [0.2, 0.25) is 0 Å². The third kappa shape index (κ3) is 4.10. The van der Waals surface area contributed by atoms with Crippen molar-refractivity contribution < 1.29 is 14.4 Å². The molecule has 0 saturated carbocycles. The van der Waals surface area contributed by atoms with Crippen molar-refractivity contribution in [3.05, 3.63) is 48.7 Å². The summed E-state index contributed by atoms with van der Waals surface area (Å²) in [5.41, 5.74) is 1.79. The van der Waals surface area contributed by atoms with Gasteiger partial charge in [-0.3, -0.25) is 29.8 Å². The number of fused-ring (bicyclic) bond motifs is 1. The number of anilines is 3. The Balaban J connectivity index is 1.35. The molecule has 0 bridgehead atoms. The van der Waals surface area contributed by atoms with E-state index in [0.29, 0.717) is 22.9 Å². The minimum absolute atomic E-state index is 0.0506. The summed E-state index contributed by atoms with van der Waals surface area (Å²) in [5, 5.41) is 11.9. The smallest absolute Gasteiger partial charge is 0.249 e. The van der Waals surface area contributed by atoms with E-state index in [1.165, 1.54) is 4.90 Å². The molecule has 3 amide bonds. The average Bonchev–Trinajstić information content (AvgIpc) is 3.20. The van der Waals surface area contributed by atoms with E-state index in [2.05, 4.69) is 30.8 Å². The van der Waals surface area contributed by atoms with Crippen molar-refractivity contribution in [1.29, 1.82) is 0 Å². The number of benzene rings is 1. The number of H-pyrrole nitrogens is 1. The molecule has 0 atom stereocenters. The number of hydrogen-bond donors (Lipinski definition) is 3. The second-order valence-electron chi connectivity index (χ2n) is 6.32. The van der Waals surface area contributed by atoms with Crippen molar-refractivity contribution in [3.8, 4) is 11.5 Å². The van der Waals surface area contributed by atoms with E-state index < -0.39 is 5.91 Å². The van der Waals surface area contributed by atoms with Crippen molar-refractivity contribution in [2.45, 2.75) is 12.8 Å². The summed E-state index contributed by atoms with van der Waals surface area (Å²) in [5.74, 6) is -0.464. The lowest BCUT2D eigenvalue weighted by molar-refractivity contribution is -0.124. The number of pyridine rings is 1. The van der Waals surface area contributed by atoms with Crippen molar-refractivity contribution >= 4 is 35.0 Å². The van der Waals surface area contributed by atoms with Gasteiger partial charge in [0.05, 0.1) is 11.4 Å². The Bertz CT molecular complexity index is 1060. The lowest BCUT2D eigenvalue weighted by Gasteiger charge is -2.29. The molecule has 4 rings (SSSR count). The fourth-order valence-corrected chi connectivity index (χ4v) is 2.93. The van der Waals surface area contributed by atoms with Gasteiger partial charge in [-0.2, -0.15) is 4.98 Å². The van der Waals surface area contributed by atoms with Crippen LogP contribution in [0.1, 0.15) is 12.8 Å². The first-order valence-electron chi connectivity index (χ1n) is 8.93. The minimum Gasteiger partial charge on any atom is -0.323 e. The van der Waals surface area contributed by atoms with Gasteiger partial charge in [0.2, 0.25) is 23.7 Å². The summed E-state index contributed by atoms with van der Waals surface area (Å²) in [4.78, 5) is 46.3. The van der Waals surface area contributed by atoms with Gasteiger partial charge in [0.15, 0.2) is 5.82 Å². The molecule has 10 nitrogen and oxygen atoms in total. The van der Waals surface area contributed by atoms with Crippen LogP contribution in [0.25, 0.3) is 11.5 Å². The number of amides is 3. The summed E-state index contributed by atoms with van der Waals surface area (Å²) in [7, 11) is 0. The molecule has 10 heteroatoms. The molecule has 29 heavy (non-hydrogen) atoms. The largest absolute Gasteiger partial charge is 0.323 e. The van der Waals surface area contributed by atoms with Crippen molar-refractivity contribution in [3.63, 3.8) is 0 Å². The molecular weight excluding hydrogens is 374 g/mol. The highest BCUT2D eigenvalue weighted by Crippen LogP contribution is 2.29. The zero-order chi connectivity index (χ0) is 20.2. The standard InChI is InChI=1S/C19H17N7O3/c27-15(22-19-23-18(24-25-19)13-6-3-4-10-20-13)8-9-17(29)26-11-16(28)21-12-5-1-2-7-14(12)26/h1-7,10H,8-9,11H2,(H,21,28)(H2,22,23,24,25,27). The zero-order valence-electron chi connectivity index (χ0n) is 15.3. The molecule has 0 aliphatic carbocycles. The van der Waals surface area contributed by atoms with Crippen LogP contribution in [0.15, 0.2) is 48.7 Å². The Labute approximate surface area is 165 Å². The Morgan fingerprint density at radius 3 is 2.76 bits per heavy atom. The van der Waals surface area contributed by atoms with Crippen LogP contribution in [0.3, 0.4) is 0 Å². The van der Waals surface area contributed by atoms with Gasteiger partial charge in [-0.25, -0.2) is 0 Å². The molecule has 1 aliphatic heterocycles. The molecule has 0 radical (unpaired) electrons. The second kappa shape index (κ2) is 7.89. The number of carbonyl (C=O) groups is 3. The normalized spacial score (nSPS) is 12.8. The van der Waals surface area contributed by atoms with E-state index in [1.54, 1.807) is 42.6 Å². The highest BCUT2D eigenvalue weighted by atomic mass is 16.2. The number of nitrogens with zero attached hydrogens (tertiary/aromatic N) is 4. The number of carbonyl (C=O) groups excluding carboxylic acids is 3. The maximum atomic E-state index is 12.6. The minimum atomic E-state index is -0.403. The van der Waals surface area contributed by atoms with E-state index >= 15 is 0 Å². The first kappa shape index (κ1) is 18.3. The van der Waals surface area contributed by atoms with Crippen LogP contribution in [0.4, 0.5) is 17.3 Å². The number of aromatic amines is 1. The molecule has 3 heterocycles. The predicted octanol–water partition coefficient (Wildman–Crippen LogP) is 1.57. The number of hydrogen-bond acceptors (Lipinski definition) is 6. The lowest BCUT2D eigenvalue weighted by Crippen LogP contribution is -2.42. The molecule has 146 valence electrons. The van der Waals surface area contributed by atoms with E-state index in [1.807, 2.05) is 6.07 Å². The third-order valence-corrected chi connectivity index (χ3v) is 4.28. The summed E-state index contributed by atoms with van der Waals surface area (Å²) < 4.78 is 0. The van der Waals surface area contributed by atoms with Gasteiger partial charge in [0, 0.05) is 19.0 Å². The van der Waals surface area contributed by atoms with Crippen molar-refractivity contribution in [1.82, 2.24) is 20.2 Å². The molecule has 3 aromatic rings. The SMILES string of the molecule is O=C(CCC(=O)N1CC(=O)Nc2ccccc21)Nc1n[nH]c(-c2ccccn2)n1. The quantitative estimate of drug-likeness (QED) is 0.605. The topological polar surface area (TPSA) is 133 Å². The first-order valence-corrected chi connectivity index (χ1v) is 8.93. The van der Waals surface area contributed by atoms with Crippen LogP contribution >= 0.6 is 0 Å². The Hall–Kier alpha value is -4.08. The molecule has 3 N–H and O–H groups in total. The van der Waals surface area contributed by atoms with E-state index in [4.69, 9.17) is 0 Å². The monoisotopic (exact) mass is 391 g/mol. The number of aromatic nitrogens is 4. The summed E-state index contributed by atoms with van der Waals surface area (Å²) >= 11 is 0. The van der Waals surface area contributed by atoms with E-state index in [-0.39, 0.29) is 37.1 Å². The Kier molecular flexibility index (Phi) is 4.97. The summed E-state index contributed by atoms with van der Waals surface area (Å²) in [6, 6.07) is 12.4. The fraction of sp³-hybridized carbons (Fsp3) is 0.158. The molecule has 0 fully saturated rings. The third-order valence-electron chi connectivity index (χ3n) is 4.28. The molecule has 1 aliphatic rings. The van der Waals surface area contributed by atoms with Gasteiger partial charge in [0.25, 0.3) is 0 Å². The van der Waals surface area contributed by atoms with Crippen LogP contribution < -0.4 is 15.5 Å². The maximum absolute atomic E-state index is 12.6. The van der Waals surface area contributed by atoms with E-state index in [9.17, 15) is 14.4 Å². The molecule has 1 aromatic carbocycles. The van der Waals surface area contributed by atoms with Gasteiger partial charge >= 0.3 is 0 Å². The zero-order valence-corrected chi connectivity index (χ0v) is 15.3. The Morgan fingerprint density at radius 1 is 1.10 bits per heavy atom. The van der Waals surface area contributed by atoms with Crippen LogP contribution in [-0.2, 0) is 14.4 Å². The lowest BCUT2D eigenvalue weighted by atomic mass is 10.1. The summed E-state index contributed by atoms with van der Waals surface area (Å²) in [6.45, 7) is -0.0776. The fourth-order valence-electron chi connectivity index (χ4n) is 2.93. The number of para-hydroxylation sites is 2. The van der Waals surface area contributed by atoms with Crippen molar-refractivity contribution in [2.24, 2.45) is 0 Å². The number of nitrogens with one attached hydrogen (secondary N) is 3. The Morgan fingerprint density at radius 2 is 1.93 bits per heavy atom. The van der Waals surface area contributed by atoms with Gasteiger partial charge in [-0.1, -0.05) is 18.2 Å².